The summed E-state index contributed by atoms with van der Waals surface area (Å²) in [4.78, 5) is 7.29. The van der Waals surface area contributed by atoms with Crippen LogP contribution in [0.3, 0.4) is 0 Å². The molecule has 0 bridgehead atoms. The Morgan fingerprint density at radius 1 is 1.18 bits per heavy atom. The summed E-state index contributed by atoms with van der Waals surface area (Å²) in [6.45, 7) is 10.3. The smallest absolute Gasteiger partial charge is 0.191 e. The zero-order valence-corrected chi connectivity index (χ0v) is 17.8. The Morgan fingerprint density at radius 3 is 2.75 bits per heavy atom. The van der Waals surface area contributed by atoms with Crippen LogP contribution >= 0.6 is 0 Å². The number of hydrogen-bond acceptors (Lipinski definition) is 4. The molecule has 1 aromatic carbocycles. The fraction of sp³-hybridized carbons (Fsp3) is 0.682. The van der Waals surface area contributed by atoms with Gasteiger partial charge < -0.3 is 20.1 Å². The van der Waals surface area contributed by atoms with Gasteiger partial charge in [-0.15, -0.1) is 0 Å². The minimum absolute atomic E-state index is 0.439. The molecule has 1 aromatic rings. The SMILES string of the molecule is CCNC(=NCCCCOCCOC)NC1CC(C)N(Cc2ccccc2)C1. The minimum atomic E-state index is 0.439. The van der Waals surface area contributed by atoms with Gasteiger partial charge in [-0.1, -0.05) is 30.3 Å². The second-order valence-electron chi connectivity index (χ2n) is 7.41. The molecule has 0 radical (unpaired) electrons. The molecule has 2 atom stereocenters. The predicted octanol–water partition coefficient (Wildman–Crippen LogP) is 2.65. The lowest BCUT2D eigenvalue weighted by atomic mass is 10.2. The van der Waals surface area contributed by atoms with E-state index in [2.05, 4.69) is 59.7 Å². The first-order valence-corrected chi connectivity index (χ1v) is 10.6. The van der Waals surface area contributed by atoms with Gasteiger partial charge in [-0.25, -0.2) is 0 Å². The van der Waals surface area contributed by atoms with Crippen LogP contribution in [-0.4, -0.2) is 69.5 Å². The Bertz CT molecular complexity index is 553. The summed E-state index contributed by atoms with van der Waals surface area (Å²) in [5.74, 6) is 0.932. The van der Waals surface area contributed by atoms with Gasteiger partial charge in [0.15, 0.2) is 5.96 Å². The van der Waals surface area contributed by atoms with Crippen molar-refractivity contribution >= 4 is 5.96 Å². The lowest BCUT2D eigenvalue weighted by Gasteiger charge is -2.21. The van der Waals surface area contributed by atoms with E-state index in [9.17, 15) is 0 Å². The molecule has 1 aliphatic rings. The van der Waals surface area contributed by atoms with Crippen molar-refractivity contribution in [1.29, 1.82) is 0 Å². The monoisotopic (exact) mass is 390 g/mol. The van der Waals surface area contributed by atoms with Gasteiger partial charge in [-0.2, -0.15) is 0 Å². The van der Waals surface area contributed by atoms with Crippen LogP contribution in [0.4, 0.5) is 0 Å². The second kappa shape index (κ2) is 13.5. The van der Waals surface area contributed by atoms with Crippen LogP contribution in [0.25, 0.3) is 0 Å². The summed E-state index contributed by atoms with van der Waals surface area (Å²) in [6.07, 6.45) is 3.20. The van der Waals surface area contributed by atoms with Crippen molar-refractivity contribution in [1.82, 2.24) is 15.5 Å². The van der Waals surface area contributed by atoms with Crippen LogP contribution in [0.15, 0.2) is 35.3 Å². The Labute approximate surface area is 170 Å². The molecule has 6 nitrogen and oxygen atoms in total. The van der Waals surface area contributed by atoms with Crippen molar-refractivity contribution in [3.05, 3.63) is 35.9 Å². The standard InChI is InChI=1S/C22H38N4O2/c1-4-23-22(24-12-8-9-13-28-15-14-27-3)25-21-16-19(2)26(18-21)17-20-10-6-5-7-11-20/h5-7,10-11,19,21H,4,8-9,12-18H2,1-3H3,(H2,23,24,25). The highest BCUT2D eigenvalue weighted by Gasteiger charge is 2.29. The number of methoxy groups -OCH3 is 1. The minimum Gasteiger partial charge on any atom is -0.382 e. The van der Waals surface area contributed by atoms with Gasteiger partial charge in [-0.05, 0) is 38.7 Å². The summed E-state index contributed by atoms with van der Waals surface area (Å²) in [5, 5.41) is 7.01. The molecule has 0 spiro atoms. The molecule has 0 aliphatic carbocycles. The van der Waals surface area contributed by atoms with Gasteiger partial charge >= 0.3 is 0 Å². The zero-order chi connectivity index (χ0) is 20.0. The summed E-state index contributed by atoms with van der Waals surface area (Å²) in [5.41, 5.74) is 1.38. The number of benzene rings is 1. The average Bonchev–Trinajstić information content (AvgIpc) is 3.03. The first-order valence-electron chi connectivity index (χ1n) is 10.6. The Morgan fingerprint density at radius 2 is 2.00 bits per heavy atom. The third kappa shape index (κ3) is 8.59. The lowest BCUT2D eigenvalue weighted by molar-refractivity contribution is 0.0690. The van der Waals surface area contributed by atoms with E-state index >= 15 is 0 Å². The van der Waals surface area contributed by atoms with Crippen molar-refractivity contribution < 1.29 is 9.47 Å². The largest absolute Gasteiger partial charge is 0.382 e. The highest BCUT2D eigenvalue weighted by atomic mass is 16.5. The molecule has 1 fully saturated rings. The van der Waals surface area contributed by atoms with Crippen molar-refractivity contribution in [3.63, 3.8) is 0 Å². The molecule has 6 heteroatoms. The molecule has 0 saturated carbocycles. The quantitative estimate of drug-likeness (QED) is 0.326. The first kappa shape index (κ1) is 22.7. The average molecular weight is 391 g/mol. The summed E-state index contributed by atoms with van der Waals surface area (Å²) in [7, 11) is 1.69. The number of likely N-dealkylation sites (tertiary alicyclic amines) is 1. The number of nitrogens with one attached hydrogen (secondary N) is 2. The number of hydrogen-bond donors (Lipinski definition) is 2. The Kier molecular flexibility index (Phi) is 10.9. The van der Waals surface area contributed by atoms with E-state index in [0.717, 1.165) is 58.0 Å². The van der Waals surface area contributed by atoms with E-state index in [1.165, 1.54) is 5.56 Å². The third-order valence-corrected chi connectivity index (χ3v) is 5.02. The molecule has 28 heavy (non-hydrogen) atoms. The lowest BCUT2D eigenvalue weighted by Crippen LogP contribution is -2.44. The fourth-order valence-corrected chi connectivity index (χ4v) is 3.51. The van der Waals surface area contributed by atoms with Gasteiger partial charge in [0.2, 0.25) is 0 Å². The van der Waals surface area contributed by atoms with Gasteiger partial charge in [-0.3, -0.25) is 9.89 Å². The van der Waals surface area contributed by atoms with E-state index < -0.39 is 0 Å². The molecular weight excluding hydrogens is 352 g/mol. The maximum atomic E-state index is 5.50. The Balaban J connectivity index is 1.72. The summed E-state index contributed by atoms with van der Waals surface area (Å²) in [6, 6.07) is 11.7. The van der Waals surface area contributed by atoms with Crippen molar-refractivity contribution in [2.45, 2.75) is 51.7 Å². The predicted molar refractivity (Wildman–Crippen MR) is 116 cm³/mol. The van der Waals surface area contributed by atoms with Crippen molar-refractivity contribution in [3.8, 4) is 0 Å². The van der Waals surface area contributed by atoms with Crippen LogP contribution < -0.4 is 10.6 Å². The second-order valence-corrected chi connectivity index (χ2v) is 7.41. The Hall–Kier alpha value is -1.63. The molecule has 1 saturated heterocycles. The number of ether oxygens (including phenoxy) is 2. The normalized spacial score (nSPS) is 20.5. The number of aliphatic imine (C=N–C) groups is 1. The van der Waals surface area contributed by atoms with E-state index in [1.54, 1.807) is 7.11 Å². The van der Waals surface area contributed by atoms with E-state index in [1.807, 2.05) is 0 Å². The van der Waals surface area contributed by atoms with Crippen LogP contribution in [0.2, 0.25) is 0 Å². The highest BCUT2D eigenvalue weighted by Crippen LogP contribution is 2.20. The maximum absolute atomic E-state index is 5.50. The van der Waals surface area contributed by atoms with Crippen molar-refractivity contribution in [2.75, 3.05) is 46.6 Å². The number of guanidine groups is 1. The van der Waals surface area contributed by atoms with Crippen LogP contribution in [0.5, 0.6) is 0 Å². The van der Waals surface area contributed by atoms with Crippen molar-refractivity contribution in [2.24, 2.45) is 4.99 Å². The van der Waals surface area contributed by atoms with Gasteiger partial charge in [0.1, 0.15) is 0 Å². The molecule has 2 N–H and O–H groups in total. The molecule has 0 aromatic heterocycles. The van der Waals surface area contributed by atoms with Gasteiger partial charge in [0, 0.05) is 52.0 Å². The molecule has 158 valence electrons. The third-order valence-electron chi connectivity index (χ3n) is 5.02. The first-order chi connectivity index (χ1) is 13.7. The molecule has 0 amide bonds. The van der Waals surface area contributed by atoms with Gasteiger partial charge in [0.05, 0.1) is 13.2 Å². The number of unbranched alkanes of at least 4 members (excludes halogenated alkanes) is 1. The van der Waals surface area contributed by atoms with Crippen LogP contribution in [-0.2, 0) is 16.0 Å². The van der Waals surface area contributed by atoms with E-state index in [0.29, 0.717) is 25.3 Å². The molecule has 2 rings (SSSR count). The molecular formula is C22H38N4O2. The highest BCUT2D eigenvalue weighted by molar-refractivity contribution is 5.80. The van der Waals surface area contributed by atoms with Crippen LogP contribution in [0, 0.1) is 0 Å². The molecule has 1 heterocycles. The summed E-state index contributed by atoms with van der Waals surface area (Å²) < 4.78 is 10.5. The molecule has 1 aliphatic heterocycles. The summed E-state index contributed by atoms with van der Waals surface area (Å²) >= 11 is 0. The van der Waals surface area contributed by atoms with E-state index in [4.69, 9.17) is 14.5 Å². The zero-order valence-electron chi connectivity index (χ0n) is 17.8. The van der Waals surface area contributed by atoms with Crippen LogP contribution in [0.1, 0.15) is 38.7 Å². The number of nitrogens with zero attached hydrogens (tertiary/aromatic N) is 2. The number of rotatable bonds is 12. The fourth-order valence-electron chi connectivity index (χ4n) is 3.51. The van der Waals surface area contributed by atoms with Gasteiger partial charge in [0.25, 0.3) is 0 Å². The van der Waals surface area contributed by atoms with E-state index in [-0.39, 0.29) is 0 Å². The molecule has 2 unspecified atom stereocenters. The topological polar surface area (TPSA) is 58.1 Å². The maximum Gasteiger partial charge on any atom is 0.191 e.